The zero-order valence-corrected chi connectivity index (χ0v) is 14.4. The Morgan fingerprint density at radius 3 is 2.36 bits per heavy atom. The van der Waals surface area contributed by atoms with Crippen LogP contribution in [-0.4, -0.2) is 24.6 Å². The number of esters is 2. The van der Waals surface area contributed by atoms with Crippen LogP contribution in [0.25, 0.3) is 0 Å². The Morgan fingerprint density at radius 1 is 0.955 bits per heavy atom. The molecule has 0 bridgehead atoms. The molecule has 3 atom stereocenters. The minimum Gasteiger partial charge on any atom is -0.466 e. The molecule has 1 rings (SSSR count). The van der Waals surface area contributed by atoms with Crippen molar-refractivity contribution < 1.29 is 19.1 Å². The van der Waals surface area contributed by atoms with Gasteiger partial charge in [-0.3, -0.25) is 9.59 Å². The molecule has 0 saturated heterocycles. The Balaban J connectivity index is 2.08. The molecule has 3 unspecified atom stereocenters. The van der Waals surface area contributed by atoms with Crippen molar-refractivity contribution in [3.8, 4) is 0 Å². The lowest BCUT2D eigenvalue weighted by molar-refractivity contribution is -0.155. The Bertz CT molecular complexity index is 340. The van der Waals surface area contributed by atoms with Crippen molar-refractivity contribution in [2.75, 3.05) is 6.61 Å². The lowest BCUT2D eigenvalue weighted by Crippen LogP contribution is -2.28. The van der Waals surface area contributed by atoms with Crippen LogP contribution in [0, 0.1) is 11.8 Å². The van der Waals surface area contributed by atoms with Crippen molar-refractivity contribution in [3.05, 3.63) is 0 Å². The van der Waals surface area contributed by atoms with Crippen LogP contribution in [0.1, 0.15) is 78.6 Å². The van der Waals surface area contributed by atoms with Crippen molar-refractivity contribution in [1.29, 1.82) is 0 Å². The lowest BCUT2D eigenvalue weighted by Gasteiger charge is -2.31. The largest absolute Gasteiger partial charge is 0.466 e. The lowest BCUT2D eigenvalue weighted by atomic mass is 9.80. The fourth-order valence-corrected chi connectivity index (χ4v) is 2.84. The number of unbranched alkanes of at least 4 members (excludes halogenated alkanes) is 3. The molecule has 4 heteroatoms. The van der Waals surface area contributed by atoms with Crippen LogP contribution >= 0.6 is 0 Å². The summed E-state index contributed by atoms with van der Waals surface area (Å²) in [4.78, 5) is 23.3. The van der Waals surface area contributed by atoms with E-state index in [1.165, 1.54) is 12.8 Å². The Hall–Kier alpha value is -1.06. The van der Waals surface area contributed by atoms with E-state index in [4.69, 9.17) is 9.47 Å². The van der Waals surface area contributed by atoms with Crippen molar-refractivity contribution in [2.45, 2.75) is 84.7 Å². The van der Waals surface area contributed by atoms with E-state index in [0.717, 1.165) is 32.1 Å². The van der Waals surface area contributed by atoms with E-state index >= 15 is 0 Å². The normalized spacial score (nSPS) is 24.8. The summed E-state index contributed by atoms with van der Waals surface area (Å²) >= 11 is 0. The van der Waals surface area contributed by atoms with E-state index in [1.54, 1.807) is 0 Å². The second-order valence-electron chi connectivity index (χ2n) is 6.66. The van der Waals surface area contributed by atoms with Gasteiger partial charge in [0.15, 0.2) is 0 Å². The fourth-order valence-electron chi connectivity index (χ4n) is 2.84. The van der Waals surface area contributed by atoms with Crippen LogP contribution in [-0.2, 0) is 19.1 Å². The number of carbonyl (C=O) groups excluding carboxylic acids is 2. The summed E-state index contributed by atoms with van der Waals surface area (Å²) in [6.45, 7) is 7.07. The third-order valence-corrected chi connectivity index (χ3v) is 4.64. The van der Waals surface area contributed by atoms with Gasteiger partial charge in [0, 0.05) is 0 Å². The molecular formula is C18H32O4. The maximum atomic E-state index is 11.8. The highest BCUT2D eigenvalue weighted by Crippen LogP contribution is 2.31. The first-order chi connectivity index (χ1) is 10.5. The molecule has 0 aromatic heterocycles. The predicted molar refractivity (Wildman–Crippen MR) is 86.4 cm³/mol. The molecule has 0 aromatic carbocycles. The van der Waals surface area contributed by atoms with Crippen molar-refractivity contribution in [3.63, 3.8) is 0 Å². The molecule has 1 aliphatic carbocycles. The summed E-state index contributed by atoms with van der Waals surface area (Å²) in [5.41, 5.74) is 0. The Labute approximate surface area is 134 Å². The number of hydrogen-bond donors (Lipinski definition) is 0. The molecule has 0 amide bonds. The van der Waals surface area contributed by atoms with Crippen LogP contribution in [0.5, 0.6) is 0 Å². The monoisotopic (exact) mass is 312 g/mol. The van der Waals surface area contributed by atoms with E-state index in [0.29, 0.717) is 18.4 Å². The highest BCUT2D eigenvalue weighted by molar-refractivity contribution is 5.77. The predicted octanol–water partition coefficient (Wildman–Crippen LogP) is 4.26. The molecule has 128 valence electrons. The highest BCUT2D eigenvalue weighted by Gasteiger charge is 2.27. The average molecular weight is 312 g/mol. The molecule has 0 heterocycles. The minimum atomic E-state index is -0.293. The van der Waals surface area contributed by atoms with E-state index in [-0.39, 0.29) is 30.9 Å². The van der Waals surface area contributed by atoms with E-state index in [9.17, 15) is 9.59 Å². The van der Waals surface area contributed by atoms with Crippen molar-refractivity contribution >= 4 is 11.9 Å². The van der Waals surface area contributed by atoms with Crippen molar-refractivity contribution in [1.82, 2.24) is 0 Å². The molecule has 0 spiro atoms. The molecule has 22 heavy (non-hydrogen) atoms. The van der Waals surface area contributed by atoms with Crippen LogP contribution in [0.2, 0.25) is 0 Å². The molecule has 0 aliphatic heterocycles. The summed E-state index contributed by atoms with van der Waals surface area (Å²) in [5, 5.41) is 0. The van der Waals surface area contributed by atoms with Gasteiger partial charge >= 0.3 is 11.9 Å². The molecule has 1 aliphatic rings. The first kappa shape index (κ1) is 19.0. The van der Waals surface area contributed by atoms with Gasteiger partial charge in [0.1, 0.15) is 6.10 Å². The first-order valence-electron chi connectivity index (χ1n) is 8.88. The molecular weight excluding hydrogens is 280 g/mol. The van der Waals surface area contributed by atoms with Crippen molar-refractivity contribution in [2.24, 2.45) is 11.8 Å². The number of ether oxygens (including phenoxy) is 2. The summed E-state index contributed by atoms with van der Waals surface area (Å²) in [6, 6.07) is 0. The van der Waals surface area contributed by atoms with Gasteiger partial charge in [0.25, 0.3) is 0 Å². The maximum Gasteiger partial charge on any atom is 0.306 e. The summed E-state index contributed by atoms with van der Waals surface area (Å²) in [5.74, 6) is 0.742. The summed E-state index contributed by atoms with van der Waals surface area (Å²) < 4.78 is 10.6. The van der Waals surface area contributed by atoms with Gasteiger partial charge in [-0.2, -0.15) is 0 Å². The molecule has 1 fully saturated rings. The molecule has 0 N–H and O–H groups in total. The van der Waals surface area contributed by atoms with Gasteiger partial charge in [-0.1, -0.05) is 40.0 Å². The average Bonchev–Trinajstić information content (AvgIpc) is 2.49. The minimum absolute atomic E-state index is 0.0313. The van der Waals surface area contributed by atoms with Crippen LogP contribution in [0.4, 0.5) is 0 Å². The van der Waals surface area contributed by atoms with E-state index in [1.807, 2.05) is 0 Å². The third-order valence-electron chi connectivity index (χ3n) is 4.64. The van der Waals surface area contributed by atoms with Crippen LogP contribution < -0.4 is 0 Å². The van der Waals surface area contributed by atoms with Gasteiger partial charge < -0.3 is 9.47 Å². The zero-order chi connectivity index (χ0) is 16.4. The third kappa shape index (κ3) is 7.81. The van der Waals surface area contributed by atoms with E-state index in [2.05, 4.69) is 20.8 Å². The molecule has 1 saturated carbocycles. The zero-order valence-electron chi connectivity index (χ0n) is 14.4. The van der Waals surface area contributed by atoms with Gasteiger partial charge in [-0.25, -0.2) is 0 Å². The summed E-state index contributed by atoms with van der Waals surface area (Å²) in [6.07, 6.45) is 7.61. The molecule has 4 nitrogen and oxygen atoms in total. The SMILES string of the molecule is CCCCCCOC(=O)CCC(=O)OC1CCC(C)C(C)C1. The van der Waals surface area contributed by atoms with Gasteiger partial charge in [0.05, 0.1) is 19.4 Å². The van der Waals surface area contributed by atoms with Gasteiger partial charge in [-0.15, -0.1) is 0 Å². The molecule has 0 radical (unpaired) electrons. The number of carbonyl (C=O) groups is 2. The Morgan fingerprint density at radius 2 is 1.68 bits per heavy atom. The number of rotatable bonds is 9. The molecule has 0 aromatic rings. The highest BCUT2D eigenvalue weighted by atomic mass is 16.5. The quantitative estimate of drug-likeness (QED) is 0.471. The second kappa shape index (κ2) is 10.6. The number of hydrogen-bond acceptors (Lipinski definition) is 4. The Kier molecular flexibility index (Phi) is 9.17. The smallest absolute Gasteiger partial charge is 0.306 e. The van der Waals surface area contributed by atoms with Crippen LogP contribution in [0.3, 0.4) is 0 Å². The van der Waals surface area contributed by atoms with E-state index < -0.39 is 0 Å². The topological polar surface area (TPSA) is 52.6 Å². The fraction of sp³-hybridized carbons (Fsp3) is 0.889. The van der Waals surface area contributed by atoms with Crippen LogP contribution in [0.15, 0.2) is 0 Å². The summed E-state index contributed by atoms with van der Waals surface area (Å²) in [7, 11) is 0. The second-order valence-corrected chi connectivity index (χ2v) is 6.66. The van der Waals surface area contributed by atoms with Gasteiger partial charge in [-0.05, 0) is 37.5 Å². The maximum absolute atomic E-state index is 11.8. The first-order valence-corrected chi connectivity index (χ1v) is 8.88. The standard InChI is InChI=1S/C18H32O4/c1-4-5-6-7-12-21-17(19)10-11-18(20)22-16-9-8-14(2)15(3)13-16/h14-16H,4-13H2,1-3H3. The van der Waals surface area contributed by atoms with Gasteiger partial charge in [0.2, 0.25) is 0 Å².